The number of aromatic carboxylic acids is 1. The minimum Gasteiger partial charge on any atom is -0.480 e. The molecule has 16 heavy (non-hydrogen) atoms. The van der Waals surface area contributed by atoms with Crippen molar-refractivity contribution in [1.82, 2.24) is 0 Å². The van der Waals surface area contributed by atoms with Gasteiger partial charge in [0.15, 0.2) is 18.9 Å². The second-order valence-corrected chi connectivity index (χ2v) is 3.37. The number of pyridine rings is 1. The molecule has 1 aromatic rings. The van der Waals surface area contributed by atoms with Crippen molar-refractivity contribution in [2.45, 2.75) is 19.0 Å². The Morgan fingerprint density at radius 3 is 2.69 bits per heavy atom. The Morgan fingerprint density at radius 1 is 1.44 bits per heavy atom. The van der Waals surface area contributed by atoms with Crippen LogP contribution in [0.5, 0.6) is 0 Å². The summed E-state index contributed by atoms with van der Waals surface area (Å²) in [4.78, 5) is 21.1. The summed E-state index contributed by atoms with van der Waals surface area (Å²) in [6, 6.07) is 2.13. The highest BCUT2D eigenvalue weighted by molar-refractivity contribution is 5.86. The van der Waals surface area contributed by atoms with Gasteiger partial charge in [-0.2, -0.15) is 0 Å². The van der Waals surface area contributed by atoms with Gasteiger partial charge in [-0.3, -0.25) is 4.79 Å². The van der Waals surface area contributed by atoms with Crippen molar-refractivity contribution >= 4 is 11.9 Å². The van der Waals surface area contributed by atoms with E-state index >= 15 is 0 Å². The van der Waals surface area contributed by atoms with E-state index in [-0.39, 0.29) is 12.0 Å². The molecule has 0 aliphatic rings. The van der Waals surface area contributed by atoms with Crippen molar-refractivity contribution in [3.63, 3.8) is 0 Å². The number of aromatic nitrogens is 1. The zero-order valence-electron chi connectivity index (χ0n) is 8.54. The lowest BCUT2D eigenvalue weighted by atomic mass is 10.2. The number of aryl methyl sites for hydroxylation is 1. The van der Waals surface area contributed by atoms with E-state index in [1.54, 1.807) is 16.8 Å². The number of carbonyl (C=O) groups is 2. The summed E-state index contributed by atoms with van der Waals surface area (Å²) in [6.07, 6.45) is 3.36. The van der Waals surface area contributed by atoms with Gasteiger partial charge in [0.1, 0.15) is 11.6 Å². The maximum Gasteiger partial charge on any atom is 0.341 e. The van der Waals surface area contributed by atoms with Gasteiger partial charge in [0.05, 0.1) is 0 Å². The van der Waals surface area contributed by atoms with Crippen LogP contribution in [0.25, 0.3) is 0 Å². The lowest BCUT2D eigenvalue weighted by Crippen LogP contribution is -2.40. The first-order valence-electron chi connectivity index (χ1n) is 4.71. The third-order valence-corrected chi connectivity index (χ3v) is 2.12. The predicted octanol–water partition coefficient (Wildman–Crippen LogP) is -0.526. The molecule has 0 saturated heterocycles. The molecule has 1 heterocycles. The van der Waals surface area contributed by atoms with Crippen LogP contribution >= 0.6 is 0 Å². The van der Waals surface area contributed by atoms with Gasteiger partial charge < -0.3 is 15.9 Å². The molecule has 6 nitrogen and oxygen atoms in total. The van der Waals surface area contributed by atoms with Crippen molar-refractivity contribution < 1.29 is 24.4 Å². The average Bonchev–Trinajstić information content (AvgIpc) is 2.26. The van der Waals surface area contributed by atoms with Gasteiger partial charge in [-0.1, -0.05) is 0 Å². The maximum atomic E-state index is 10.7. The van der Waals surface area contributed by atoms with Crippen molar-refractivity contribution in [2.75, 3.05) is 0 Å². The molecule has 86 valence electrons. The zero-order chi connectivity index (χ0) is 12.1. The van der Waals surface area contributed by atoms with Crippen LogP contribution in [0.2, 0.25) is 0 Å². The Balaban J connectivity index is 2.64. The Bertz CT molecular complexity index is 406. The topological polar surface area (TPSA) is 105 Å². The van der Waals surface area contributed by atoms with Gasteiger partial charge in [-0.15, -0.1) is 0 Å². The van der Waals surface area contributed by atoms with E-state index in [1.807, 2.05) is 0 Å². The van der Waals surface area contributed by atoms with Gasteiger partial charge in [0, 0.05) is 12.5 Å². The van der Waals surface area contributed by atoms with E-state index < -0.39 is 18.0 Å². The fourth-order valence-electron chi connectivity index (χ4n) is 1.20. The van der Waals surface area contributed by atoms with Crippen LogP contribution < -0.4 is 10.3 Å². The molecule has 0 fully saturated rings. The summed E-state index contributed by atoms with van der Waals surface area (Å²) in [7, 11) is 0. The van der Waals surface area contributed by atoms with Gasteiger partial charge in [-0.25, -0.2) is 9.36 Å². The van der Waals surface area contributed by atoms with Crippen LogP contribution in [0.15, 0.2) is 24.5 Å². The Kier molecular flexibility index (Phi) is 3.96. The molecular weight excluding hydrogens is 212 g/mol. The largest absolute Gasteiger partial charge is 0.480 e. The monoisotopic (exact) mass is 225 g/mol. The number of nitrogens with zero attached hydrogens (tertiary/aromatic N) is 1. The van der Waals surface area contributed by atoms with E-state index in [9.17, 15) is 9.59 Å². The number of rotatable bonds is 5. The van der Waals surface area contributed by atoms with Crippen molar-refractivity contribution in [3.8, 4) is 0 Å². The summed E-state index contributed by atoms with van der Waals surface area (Å²) < 4.78 is 1.60. The molecule has 6 heteroatoms. The number of hydrogen-bond donors (Lipinski definition) is 3. The molecule has 0 aromatic carbocycles. The molecule has 0 amide bonds. The molecule has 0 aliphatic heterocycles. The molecule has 0 spiro atoms. The standard InChI is InChI=1S/C10H12N2O4/c11-8(10(15)16)3-5-12-4-1-2-7(6-12)9(13)14/h1-2,4,6,8H,3,5,11H2,(H-,13,14,15,16)/p+1. The molecule has 0 aliphatic carbocycles. The van der Waals surface area contributed by atoms with E-state index in [4.69, 9.17) is 15.9 Å². The number of hydrogen-bond acceptors (Lipinski definition) is 3. The molecular formula is C10H13N2O4+. The third kappa shape index (κ3) is 3.32. The molecule has 0 saturated carbocycles. The number of aliphatic carboxylic acids is 1. The molecule has 1 rings (SSSR count). The predicted molar refractivity (Wildman–Crippen MR) is 53.8 cm³/mol. The SMILES string of the molecule is NC(CC[n+]1cccc(C(=O)O)c1)C(=O)O. The lowest BCUT2D eigenvalue weighted by molar-refractivity contribution is -0.697. The highest BCUT2D eigenvalue weighted by atomic mass is 16.4. The summed E-state index contributed by atoms with van der Waals surface area (Å²) in [5, 5.41) is 17.3. The molecule has 0 radical (unpaired) electrons. The molecule has 1 aromatic heterocycles. The van der Waals surface area contributed by atoms with Crippen LogP contribution in [0, 0.1) is 0 Å². The molecule has 1 unspecified atom stereocenters. The van der Waals surface area contributed by atoms with Crippen LogP contribution in [0.4, 0.5) is 0 Å². The number of carboxylic acids is 2. The van der Waals surface area contributed by atoms with E-state index in [0.29, 0.717) is 6.54 Å². The average molecular weight is 225 g/mol. The van der Waals surface area contributed by atoms with Crippen molar-refractivity contribution in [2.24, 2.45) is 5.73 Å². The molecule has 0 bridgehead atoms. The maximum absolute atomic E-state index is 10.7. The van der Waals surface area contributed by atoms with Gasteiger partial charge in [-0.05, 0) is 6.07 Å². The second-order valence-electron chi connectivity index (χ2n) is 3.37. The van der Waals surface area contributed by atoms with Crippen LogP contribution in [0.3, 0.4) is 0 Å². The van der Waals surface area contributed by atoms with E-state index in [2.05, 4.69) is 0 Å². The van der Waals surface area contributed by atoms with Gasteiger partial charge in [0.2, 0.25) is 0 Å². The Morgan fingerprint density at radius 2 is 2.12 bits per heavy atom. The van der Waals surface area contributed by atoms with Crippen LogP contribution in [-0.4, -0.2) is 28.2 Å². The fraction of sp³-hybridized carbons (Fsp3) is 0.300. The normalized spacial score (nSPS) is 12.1. The fourth-order valence-corrected chi connectivity index (χ4v) is 1.20. The minimum atomic E-state index is -1.06. The van der Waals surface area contributed by atoms with Gasteiger partial charge >= 0.3 is 11.9 Å². The smallest absolute Gasteiger partial charge is 0.341 e. The lowest BCUT2D eigenvalue weighted by Gasteiger charge is -2.03. The third-order valence-electron chi connectivity index (χ3n) is 2.12. The second kappa shape index (κ2) is 5.22. The first-order chi connectivity index (χ1) is 7.50. The summed E-state index contributed by atoms with van der Waals surface area (Å²) in [6.45, 7) is 0.370. The van der Waals surface area contributed by atoms with Crippen molar-refractivity contribution in [1.29, 1.82) is 0 Å². The van der Waals surface area contributed by atoms with Crippen molar-refractivity contribution in [3.05, 3.63) is 30.1 Å². The highest BCUT2D eigenvalue weighted by Crippen LogP contribution is 1.95. The first kappa shape index (κ1) is 12.1. The first-order valence-corrected chi connectivity index (χ1v) is 4.71. The number of carboxylic acid groups (broad SMARTS) is 2. The zero-order valence-corrected chi connectivity index (χ0v) is 8.54. The van der Waals surface area contributed by atoms with Crippen LogP contribution in [0.1, 0.15) is 16.8 Å². The van der Waals surface area contributed by atoms with Gasteiger partial charge in [0.25, 0.3) is 0 Å². The minimum absolute atomic E-state index is 0.159. The summed E-state index contributed by atoms with van der Waals surface area (Å²) >= 11 is 0. The van der Waals surface area contributed by atoms with E-state index in [0.717, 1.165) is 0 Å². The van der Waals surface area contributed by atoms with Crippen LogP contribution in [-0.2, 0) is 11.3 Å². The Hall–Kier alpha value is -1.95. The molecule has 1 atom stereocenters. The molecule has 4 N–H and O–H groups in total. The Labute approximate surface area is 91.9 Å². The summed E-state index contributed by atoms with van der Waals surface area (Å²) in [5.41, 5.74) is 5.49. The summed E-state index contributed by atoms with van der Waals surface area (Å²) in [5.74, 6) is -2.08. The number of nitrogens with two attached hydrogens (primary N) is 1. The van der Waals surface area contributed by atoms with E-state index in [1.165, 1.54) is 12.3 Å². The quantitative estimate of drug-likeness (QED) is 0.584. The highest BCUT2D eigenvalue weighted by Gasteiger charge is 2.15.